The molecular weight excluding hydrogens is 330 g/mol. The molecule has 1 aliphatic heterocycles. The van der Waals surface area contributed by atoms with Crippen LogP contribution in [-0.2, 0) is 4.79 Å². The SMILES string of the molecule is O=C(c1ccc(Oc2cccnc2)cc1)N1CCN(C(=O)C2CC2)CC1. The van der Waals surface area contributed by atoms with Crippen molar-refractivity contribution in [3.63, 3.8) is 0 Å². The van der Waals surface area contributed by atoms with Gasteiger partial charge in [-0.05, 0) is 49.2 Å². The maximum atomic E-state index is 12.7. The molecule has 2 heterocycles. The second-order valence-corrected chi connectivity index (χ2v) is 6.71. The van der Waals surface area contributed by atoms with Crippen LogP contribution in [-0.4, -0.2) is 52.8 Å². The van der Waals surface area contributed by atoms with Crippen molar-refractivity contribution < 1.29 is 14.3 Å². The number of carbonyl (C=O) groups is 2. The van der Waals surface area contributed by atoms with Crippen LogP contribution in [0, 0.1) is 5.92 Å². The number of ether oxygens (including phenoxy) is 1. The van der Waals surface area contributed by atoms with E-state index in [1.165, 1.54) is 0 Å². The van der Waals surface area contributed by atoms with Gasteiger partial charge in [-0.1, -0.05) is 0 Å². The average Bonchev–Trinajstić information content (AvgIpc) is 3.54. The Morgan fingerprint density at radius 2 is 1.62 bits per heavy atom. The third-order valence-corrected chi connectivity index (χ3v) is 4.78. The summed E-state index contributed by atoms with van der Waals surface area (Å²) in [6, 6.07) is 10.8. The lowest BCUT2D eigenvalue weighted by Crippen LogP contribution is -2.51. The number of hydrogen-bond donors (Lipinski definition) is 0. The third kappa shape index (κ3) is 3.69. The van der Waals surface area contributed by atoms with E-state index < -0.39 is 0 Å². The van der Waals surface area contributed by atoms with Crippen LogP contribution in [0.4, 0.5) is 0 Å². The van der Waals surface area contributed by atoms with Crippen LogP contribution < -0.4 is 4.74 Å². The van der Waals surface area contributed by atoms with Gasteiger partial charge in [0.1, 0.15) is 11.5 Å². The molecule has 1 aromatic carbocycles. The summed E-state index contributed by atoms with van der Waals surface area (Å²) in [5, 5.41) is 0. The quantitative estimate of drug-likeness (QED) is 0.849. The number of piperazine rings is 1. The predicted octanol–water partition coefficient (Wildman–Crippen LogP) is 2.57. The topological polar surface area (TPSA) is 62.7 Å². The van der Waals surface area contributed by atoms with Gasteiger partial charge in [0.25, 0.3) is 5.91 Å². The smallest absolute Gasteiger partial charge is 0.253 e. The van der Waals surface area contributed by atoms with Gasteiger partial charge in [-0.2, -0.15) is 0 Å². The standard InChI is InChI=1S/C20H21N3O3/c24-19(15-3-4-15)22-10-12-23(13-11-22)20(25)16-5-7-17(8-6-16)26-18-2-1-9-21-14-18/h1-2,5-9,14-15H,3-4,10-13H2. The molecule has 0 radical (unpaired) electrons. The Bertz CT molecular complexity index is 780. The van der Waals surface area contributed by atoms with Crippen molar-refractivity contribution in [2.45, 2.75) is 12.8 Å². The zero-order valence-electron chi connectivity index (χ0n) is 14.5. The molecular formula is C20H21N3O3. The maximum absolute atomic E-state index is 12.7. The van der Waals surface area contributed by atoms with E-state index in [1.807, 2.05) is 15.9 Å². The molecule has 2 aliphatic rings. The minimum absolute atomic E-state index is 0.00329. The highest BCUT2D eigenvalue weighted by atomic mass is 16.5. The zero-order chi connectivity index (χ0) is 17.9. The molecule has 6 heteroatoms. The Morgan fingerprint density at radius 3 is 2.23 bits per heavy atom. The van der Waals surface area contributed by atoms with Crippen LogP contribution in [0.15, 0.2) is 48.8 Å². The van der Waals surface area contributed by atoms with Gasteiger partial charge in [0.2, 0.25) is 5.91 Å². The molecule has 134 valence electrons. The van der Waals surface area contributed by atoms with Crippen molar-refractivity contribution >= 4 is 11.8 Å². The van der Waals surface area contributed by atoms with Crippen molar-refractivity contribution in [3.05, 3.63) is 54.4 Å². The molecule has 2 fully saturated rings. The number of pyridine rings is 1. The highest BCUT2D eigenvalue weighted by Gasteiger charge is 2.35. The van der Waals surface area contributed by atoms with Crippen molar-refractivity contribution in [1.29, 1.82) is 0 Å². The third-order valence-electron chi connectivity index (χ3n) is 4.78. The summed E-state index contributed by atoms with van der Waals surface area (Å²) in [6.45, 7) is 2.43. The summed E-state index contributed by atoms with van der Waals surface area (Å²) < 4.78 is 5.70. The fourth-order valence-electron chi connectivity index (χ4n) is 3.11. The monoisotopic (exact) mass is 351 g/mol. The molecule has 0 atom stereocenters. The molecule has 0 N–H and O–H groups in total. The highest BCUT2D eigenvalue weighted by Crippen LogP contribution is 2.31. The average molecular weight is 351 g/mol. The summed E-state index contributed by atoms with van der Waals surface area (Å²) in [5.74, 6) is 1.81. The minimum Gasteiger partial charge on any atom is -0.456 e. The van der Waals surface area contributed by atoms with Crippen LogP contribution in [0.2, 0.25) is 0 Å². The van der Waals surface area contributed by atoms with E-state index >= 15 is 0 Å². The van der Waals surface area contributed by atoms with E-state index in [1.54, 1.807) is 42.7 Å². The fourth-order valence-corrected chi connectivity index (χ4v) is 3.11. The largest absolute Gasteiger partial charge is 0.456 e. The van der Waals surface area contributed by atoms with Crippen LogP contribution in [0.25, 0.3) is 0 Å². The number of nitrogens with zero attached hydrogens (tertiary/aromatic N) is 3. The summed E-state index contributed by atoms with van der Waals surface area (Å²) in [6.07, 6.45) is 5.37. The van der Waals surface area contributed by atoms with Gasteiger partial charge in [-0.25, -0.2) is 0 Å². The number of aromatic nitrogens is 1. The van der Waals surface area contributed by atoms with E-state index in [-0.39, 0.29) is 17.7 Å². The molecule has 1 aromatic heterocycles. The second-order valence-electron chi connectivity index (χ2n) is 6.71. The molecule has 6 nitrogen and oxygen atoms in total. The molecule has 0 bridgehead atoms. The Kier molecular flexibility index (Phi) is 4.56. The highest BCUT2D eigenvalue weighted by molar-refractivity contribution is 5.94. The number of benzene rings is 1. The number of amides is 2. The second kappa shape index (κ2) is 7.15. The van der Waals surface area contributed by atoms with Crippen molar-refractivity contribution in [2.75, 3.05) is 26.2 Å². The molecule has 0 spiro atoms. The number of carbonyl (C=O) groups excluding carboxylic acids is 2. The summed E-state index contributed by atoms with van der Waals surface area (Å²) in [5.41, 5.74) is 0.630. The molecule has 1 saturated heterocycles. The van der Waals surface area contributed by atoms with Gasteiger partial charge < -0.3 is 14.5 Å². The van der Waals surface area contributed by atoms with Gasteiger partial charge in [0.05, 0.1) is 6.20 Å². The zero-order valence-corrected chi connectivity index (χ0v) is 14.5. The summed E-state index contributed by atoms with van der Waals surface area (Å²) >= 11 is 0. The van der Waals surface area contributed by atoms with Gasteiger partial charge in [0.15, 0.2) is 0 Å². The predicted molar refractivity (Wildman–Crippen MR) is 96.0 cm³/mol. The lowest BCUT2D eigenvalue weighted by atomic mass is 10.1. The fraction of sp³-hybridized carbons (Fsp3) is 0.350. The van der Waals surface area contributed by atoms with E-state index in [9.17, 15) is 9.59 Å². The van der Waals surface area contributed by atoms with Crippen LogP contribution in [0.5, 0.6) is 11.5 Å². The van der Waals surface area contributed by atoms with Gasteiger partial charge in [-0.3, -0.25) is 14.6 Å². The molecule has 0 unspecified atom stereocenters. The molecule has 1 saturated carbocycles. The summed E-state index contributed by atoms with van der Waals surface area (Å²) in [7, 11) is 0. The van der Waals surface area contributed by atoms with E-state index in [0.29, 0.717) is 43.2 Å². The maximum Gasteiger partial charge on any atom is 0.253 e. The van der Waals surface area contributed by atoms with Crippen LogP contribution in [0.3, 0.4) is 0 Å². The molecule has 1 aliphatic carbocycles. The first kappa shape index (κ1) is 16.6. The minimum atomic E-state index is -0.00329. The lowest BCUT2D eigenvalue weighted by molar-refractivity contribution is -0.134. The first-order valence-corrected chi connectivity index (χ1v) is 8.97. The number of rotatable bonds is 4. The first-order valence-electron chi connectivity index (χ1n) is 8.97. The van der Waals surface area contributed by atoms with Crippen molar-refractivity contribution in [2.24, 2.45) is 5.92 Å². The lowest BCUT2D eigenvalue weighted by Gasteiger charge is -2.35. The van der Waals surface area contributed by atoms with E-state index in [2.05, 4.69) is 4.98 Å². The first-order chi connectivity index (χ1) is 12.7. The van der Waals surface area contributed by atoms with Crippen LogP contribution >= 0.6 is 0 Å². The van der Waals surface area contributed by atoms with E-state index in [4.69, 9.17) is 4.74 Å². The van der Waals surface area contributed by atoms with E-state index in [0.717, 1.165) is 12.8 Å². The Hall–Kier alpha value is -2.89. The molecule has 2 aromatic rings. The van der Waals surface area contributed by atoms with Crippen LogP contribution in [0.1, 0.15) is 23.2 Å². The Balaban J connectivity index is 1.34. The van der Waals surface area contributed by atoms with Gasteiger partial charge in [0, 0.05) is 43.9 Å². The van der Waals surface area contributed by atoms with Crippen molar-refractivity contribution in [1.82, 2.24) is 14.8 Å². The number of hydrogen-bond acceptors (Lipinski definition) is 4. The Labute approximate surface area is 152 Å². The van der Waals surface area contributed by atoms with Crippen molar-refractivity contribution in [3.8, 4) is 11.5 Å². The summed E-state index contributed by atoms with van der Waals surface area (Å²) in [4.78, 5) is 32.5. The van der Waals surface area contributed by atoms with Gasteiger partial charge >= 0.3 is 0 Å². The van der Waals surface area contributed by atoms with Gasteiger partial charge in [-0.15, -0.1) is 0 Å². The normalized spacial score (nSPS) is 17.1. The molecule has 26 heavy (non-hydrogen) atoms. The Morgan fingerprint density at radius 1 is 0.923 bits per heavy atom. The molecule has 4 rings (SSSR count). The molecule has 2 amide bonds.